The van der Waals surface area contributed by atoms with Crippen molar-refractivity contribution in [1.29, 1.82) is 0 Å². The molecule has 0 radical (unpaired) electrons. The largest absolute Gasteiger partial charge is 0.343 e. The van der Waals surface area contributed by atoms with Crippen molar-refractivity contribution in [3.8, 4) is 0 Å². The average Bonchev–Trinajstić information content (AvgIpc) is 2.79. The van der Waals surface area contributed by atoms with Crippen molar-refractivity contribution in [3.63, 3.8) is 0 Å². The Labute approximate surface area is 141 Å². The van der Waals surface area contributed by atoms with Crippen LogP contribution in [0.25, 0.3) is 33.7 Å². The molecule has 1 heterocycles. The molecule has 5 rings (SSSR count). The Hall–Kier alpha value is -3.06. The molecule has 0 spiro atoms. The van der Waals surface area contributed by atoms with E-state index in [4.69, 9.17) is 0 Å². The van der Waals surface area contributed by atoms with Crippen molar-refractivity contribution in [2.75, 3.05) is 11.9 Å². The molecular formula is C23H17N. The highest BCUT2D eigenvalue weighted by Crippen LogP contribution is 2.42. The van der Waals surface area contributed by atoms with Crippen LogP contribution < -0.4 is 4.90 Å². The van der Waals surface area contributed by atoms with E-state index in [9.17, 15) is 0 Å². The highest BCUT2D eigenvalue weighted by atomic mass is 15.1. The molecule has 0 saturated heterocycles. The Balaban J connectivity index is 1.90. The summed E-state index contributed by atoms with van der Waals surface area (Å²) in [7, 11) is 2.18. The summed E-state index contributed by atoms with van der Waals surface area (Å²) >= 11 is 0. The fraction of sp³-hybridized carbons (Fsp3) is 0.0435. The summed E-state index contributed by atoms with van der Waals surface area (Å²) in [5.41, 5.74) is 5.08. The van der Waals surface area contributed by atoms with E-state index in [1.54, 1.807) is 0 Å². The van der Waals surface area contributed by atoms with Gasteiger partial charge in [0.25, 0.3) is 0 Å². The number of nitrogens with zero attached hydrogens (tertiary/aromatic N) is 1. The van der Waals surface area contributed by atoms with Gasteiger partial charge in [0.2, 0.25) is 0 Å². The quantitative estimate of drug-likeness (QED) is 0.371. The van der Waals surface area contributed by atoms with Crippen molar-refractivity contribution >= 4 is 45.1 Å². The summed E-state index contributed by atoms with van der Waals surface area (Å²) in [6.45, 7) is 0. The van der Waals surface area contributed by atoms with Gasteiger partial charge in [0, 0.05) is 17.8 Å². The number of hydrogen-bond acceptors (Lipinski definition) is 1. The lowest BCUT2D eigenvalue weighted by Crippen LogP contribution is -2.12. The highest BCUT2D eigenvalue weighted by Gasteiger charge is 2.19. The van der Waals surface area contributed by atoms with E-state index in [0.29, 0.717) is 0 Å². The Kier molecular flexibility index (Phi) is 2.77. The zero-order chi connectivity index (χ0) is 16.1. The summed E-state index contributed by atoms with van der Waals surface area (Å²) in [4.78, 5) is 2.36. The second-order valence-electron chi connectivity index (χ2n) is 6.34. The molecule has 0 unspecified atom stereocenters. The summed E-state index contributed by atoms with van der Waals surface area (Å²) in [5.74, 6) is 0. The first-order valence-electron chi connectivity index (χ1n) is 8.28. The highest BCUT2D eigenvalue weighted by molar-refractivity contribution is 6.08. The average molecular weight is 307 g/mol. The molecule has 1 heteroatoms. The number of fused-ring (bicyclic) bond motifs is 6. The third-order valence-corrected chi connectivity index (χ3v) is 4.98. The molecule has 0 aromatic heterocycles. The number of hydrogen-bond donors (Lipinski definition) is 0. The van der Waals surface area contributed by atoms with Gasteiger partial charge in [-0.25, -0.2) is 0 Å². The molecule has 0 atom stereocenters. The third-order valence-electron chi connectivity index (χ3n) is 4.98. The van der Waals surface area contributed by atoms with Crippen LogP contribution in [0.3, 0.4) is 0 Å². The van der Waals surface area contributed by atoms with Crippen LogP contribution in [0.5, 0.6) is 0 Å². The summed E-state index contributed by atoms with van der Waals surface area (Å²) < 4.78 is 0. The molecule has 0 N–H and O–H groups in total. The van der Waals surface area contributed by atoms with Gasteiger partial charge < -0.3 is 4.90 Å². The second kappa shape index (κ2) is 4.97. The fourth-order valence-electron chi connectivity index (χ4n) is 3.85. The maximum atomic E-state index is 2.36. The molecule has 0 bridgehead atoms. The van der Waals surface area contributed by atoms with Crippen LogP contribution in [0.4, 0.5) is 11.4 Å². The van der Waals surface area contributed by atoms with Crippen molar-refractivity contribution < 1.29 is 0 Å². The Bertz CT molecular complexity index is 1030. The van der Waals surface area contributed by atoms with Gasteiger partial charge in [0.15, 0.2) is 0 Å². The van der Waals surface area contributed by atoms with E-state index in [1.165, 1.54) is 44.0 Å². The number of rotatable bonds is 0. The van der Waals surface area contributed by atoms with Crippen LogP contribution in [-0.4, -0.2) is 7.05 Å². The van der Waals surface area contributed by atoms with Gasteiger partial charge in [-0.3, -0.25) is 0 Å². The predicted molar refractivity (Wildman–Crippen MR) is 105 cm³/mol. The van der Waals surface area contributed by atoms with Crippen LogP contribution in [0.2, 0.25) is 0 Å². The topological polar surface area (TPSA) is 3.24 Å². The predicted octanol–water partition coefficient (Wildman–Crippen LogP) is 6.24. The zero-order valence-corrected chi connectivity index (χ0v) is 13.5. The molecule has 4 aromatic rings. The maximum absolute atomic E-state index is 2.36. The lowest BCUT2D eigenvalue weighted by molar-refractivity contribution is 1.23. The minimum atomic E-state index is 1.26. The first kappa shape index (κ1) is 13.4. The molecule has 4 aromatic carbocycles. The Morgan fingerprint density at radius 3 is 1.50 bits per heavy atom. The molecule has 1 aliphatic rings. The molecule has 114 valence electrons. The van der Waals surface area contributed by atoms with Crippen molar-refractivity contribution in [2.45, 2.75) is 0 Å². The minimum absolute atomic E-state index is 1.26. The fourth-order valence-corrected chi connectivity index (χ4v) is 3.85. The van der Waals surface area contributed by atoms with Crippen molar-refractivity contribution in [3.05, 3.63) is 83.9 Å². The normalized spacial score (nSPS) is 13.0. The van der Waals surface area contributed by atoms with E-state index >= 15 is 0 Å². The molecule has 1 nitrogen and oxygen atoms in total. The monoisotopic (exact) mass is 307 g/mol. The van der Waals surface area contributed by atoms with Gasteiger partial charge in [-0.1, -0.05) is 84.9 Å². The third kappa shape index (κ3) is 1.82. The smallest absolute Gasteiger partial charge is 0.0561 e. The van der Waals surface area contributed by atoms with Crippen LogP contribution in [0.1, 0.15) is 11.1 Å². The summed E-state index contributed by atoms with van der Waals surface area (Å²) in [6, 6.07) is 26.1. The second-order valence-corrected chi connectivity index (χ2v) is 6.34. The van der Waals surface area contributed by atoms with Crippen LogP contribution >= 0.6 is 0 Å². The van der Waals surface area contributed by atoms with Crippen LogP contribution in [0, 0.1) is 0 Å². The molecular weight excluding hydrogens is 290 g/mol. The van der Waals surface area contributed by atoms with Gasteiger partial charge in [-0.15, -0.1) is 0 Å². The first-order chi connectivity index (χ1) is 11.8. The molecule has 0 aliphatic carbocycles. The van der Waals surface area contributed by atoms with Crippen molar-refractivity contribution in [1.82, 2.24) is 0 Å². The van der Waals surface area contributed by atoms with Gasteiger partial charge >= 0.3 is 0 Å². The molecule has 1 aliphatic heterocycles. The molecule has 24 heavy (non-hydrogen) atoms. The summed E-state index contributed by atoms with van der Waals surface area (Å²) in [6.07, 6.45) is 4.47. The first-order valence-corrected chi connectivity index (χ1v) is 8.28. The Morgan fingerprint density at radius 1 is 0.542 bits per heavy atom. The van der Waals surface area contributed by atoms with Crippen LogP contribution in [0.15, 0.2) is 72.8 Å². The van der Waals surface area contributed by atoms with Crippen LogP contribution in [-0.2, 0) is 0 Å². The van der Waals surface area contributed by atoms with E-state index in [0.717, 1.165) is 0 Å². The van der Waals surface area contributed by atoms with Gasteiger partial charge in [0.1, 0.15) is 0 Å². The van der Waals surface area contributed by atoms with Gasteiger partial charge in [-0.2, -0.15) is 0 Å². The van der Waals surface area contributed by atoms with E-state index in [1.807, 2.05) is 0 Å². The van der Waals surface area contributed by atoms with Crippen molar-refractivity contribution in [2.24, 2.45) is 0 Å². The molecule has 0 saturated carbocycles. The maximum Gasteiger partial charge on any atom is 0.0561 e. The SMILES string of the molecule is CN1c2c(ccc3ccccc23)C=Cc2ccc3ccccc3c21. The van der Waals surface area contributed by atoms with E-state index < -0.39 is 0 Å². The standard InChI is InChI=1S/C23H17N/c1-24-22-18(12-10-16-6-2-4-8-20(16)22)14-15-19-13-11-17-7-3-5-9-21(17)23(19)24/h2-15H,1H3. The van der Waals surface area contributed by atoms with Gasteiger partial charge in [-0.05, 0) is 21.9 Å². The molecule has 0 amide bonds. The number of benzene rings is 4. The van der Waals surface area contributed by atoms with E-state index in [2.05, 4.69) is 96.9 Å². The van der Waals surface area contributed by atoms with E-state index in [-0.39, 0.29) is 0 Å². The zero-order valence-electron chi connectivity index (χ0n) is 13.5. The Morgan fingerprint density at radius 2 is 1.00 bits per heavy atom. The minimum Gasteiger partial charge on any atom is -0.343 e. The summed E-state index contributed by atoms with van der Waals surface area (Å²) in [5, 5.41) is 5.14. The molecule has 0 fully saturated rings. The van der Waals surface area contributed by atoms with Gasteiger partial charge in [0.05, 0.1) is 11.4 Å². The lowest BCUT2D eigenvalue weighted by Gasteiger charge is -2.25. The number of anilines is 2. The lowest BCUT2D eigenvalue weighted by atomic mass is 10.0.